The minimum absolute atomic E-state index is 0.218. The summed E-state index contributed by atoms with van der Waals surface area (Å²) in [5, 5.41) is 0.544. The molecule has 0 aromatic heterocycles. The first kappa shape index (κ1) is 28.0. The first-order valence-corrected chi connectivity index (χ1v) is 11.1. The van der Waals surface area contributed by atoms with Crippen molar-refractivity contribution >= 4 is 69.6 Å². The van der Waals surface area contributed by atoms with Crippen LogP contribution in [0.3, 0.4) is 0 Å². The van der Waals surface area contributed by atoms with Crippen LogP contribution in [0.2, 0.25) is 10.0 Å². The van der Waals surface area contributed by atoms with Gasteiger partial charge in [-0.05, 0) is 60.1 Å². The number of hydrogen-bond acceptors (Lipinski definition) is 0. The van der Waals surface area contributed by atoms with E-state index in [1.165, 1.54) is 48.5 Å². The van der Waals surface area contributed by atoms with Crippen LogP contribution < -0.4 is 0 Å². The summed E-state index contributed by atoms with van der Waals surface area (Å²) in [6.45, 7) is 0. The first-order chi connectivity index (χ1) is 14.4. The third-order valence-corrected chi connectivity index (χ3v) is 6.84. The maximum Gasteiger partial charge on any atom is 0.421 e. The topological polar surface area (TPSA) is 0 Å². The van der Waals surface area contributed by atoms with Crippen LogP contribution in [0.1, 0.15) is 35.8 Å². The summed E-state index contributed by atoms with van der Waals surface area (Å²) in [5.74, 6) is -2.55. The lowest BCUT2D eigenvalue weighted by Crippen LogP contribution is -2.39. The molecule has 0 aliphatic carbocycles. The van der Waals surface area contributed by atoms with Crippen molar-refractivity contribution in [2.75, 3.05) is 0 Å². The van der Waals surface area contributed by atoms with E-state index in [1.807, 2.05) is 0 Å². The van der Waals surface area contributed by atoms with Gasteiger partial charge in [0.05, 0.1) is 0 Å². The molecule has 2 aromatic rings. The molecule has 178 valence electrons. The Morgan fingerprint density at radius 2 is 0.781 bits per heavy atom. The quantitative estimate of drug-likeness (QED) is 0.226. The van der Waals surface area contributed by atoms with Gasteiger partial charge in [-0.15, -0.1) is 0 Å². The molecule has 0 fully saturated rings. The summed E-state index contributed by atoms with van der Waals surface area (Å²) in [5.41, 5.74) is 0.436. The highest BCUT2D eigenvalue weighted by Gasteiger charge is 2.57. The Morgan fingerprint density at radius 3 is 1.00 bits per heavy atom. The number of benzene rings is 2. The van der Waals surface area contributed by atoms with E-state index in [4.69, 9.17) is 69.6 Å². The molecule has 0 bridgehead atoms. The molecule has 0 N–H and O–H groups in total. The molecule has 2 atom stereocenters. The molecular weight excluding hydrogens is 567 g/mol. The molecule has 12 heteroatoms. The Kier molecular flexibility index (Phi) is 8.90. The van der Waals surface area contributed by atoms with Gasteiger partial charge < -0.3 is 0 Å². The van der Waals surface area contributed by atoms with Crippen molar-refractivity contribution in [3.8, 4) is 0 Å². The second-order valence-electron chi connectivity index (χ2n) is 7.13. The Hall–Kier alpha value is -0.240. The number of halogens is 12. The van der Waals surface area contributed by atoms with E-state index >= 15 is 0 Å². The van der Waals surface area contributed by atoms with Gasteiger partial charge in [-0.25, -0.2) is 0 Å². The van der Waals surface area contributed by atoms with Crippen molar-refractivity contribution in [1.82, 2.24) is 0 Å². The van der Waals surface area contributed by atoms with Gasteiger partial charge in [0.25, 0.3) is 0 Å². The molecule has 2 rings (SSSR count). The maximum atomic E-state index is 13.5. The lowest BCUT2D eigenvalue weighted by atomic mass is 9.76. The van der Waals surface area contributed by atoms with E-state index in [9.17, 15) is 26.3 Å². The van der Waals surface area contributed by atoms with Crippen molar-refractivity contribution in [3.05, 3.63) is 69.7 Å². The van der Waals surface area contributed by atoms with E-state index in [0.29, 0.717) is 0 Å². The lowest BCUT2D eigenvalue weighted by molar-refractivity contribution is -0.148. The molecule has 2 unspecified atom stereocenters. The molecule has 0 spiro atoms. The second kappa shape index (κ2) is 10.2. The largest absolute Gasteiger partial charge is 0.421 e. The molecule has 2 aromatic carbocycles. The van der Waals surface area contributed by atoms with Gasteiger partial charge in [-0.3, -0.25) is 0 Å². The SMILES string of the molecule is FC(F)(F)C(Cl)(Cl)CC(c1ccc(Cl)cc1)C(CC(Cl)(Cl)C(F)(F)F)c1ccc(Cl)cc1. The third kappa shape index (κ3) is 6.89. The zero-order chi connectivity index (χ0) is 24.5. The average Bonchev–Trinajstić information content (AvgIpc) is 2.64. The van der Waals surface area contributed by atoms with Crippen LogP contribution >= 0.6 is 69.6 Å². The average molecular weight is 581 g/mol. The monoisotopic (exact) mass is 578 g/mol. The molecular formula is C20H14Cl6F6. The summed E-state index contributed by atoms with van der Waals surface area (Å²) in [7, 11) is 0. The van der Waals surface area contributed by atoms with Gasteiger partial charge in [-0.1, -0.05) is 93.9 Å². The lowest BCUT2D eigenvalue weighted by Gasteiger charge is -2.36. The second-order valence-corrected chi connectivity index (χ2v) is 11.0. The molecule has 0 saturated carbocycles. The van der Waals surface area contributed by atoms with Crippen LogP contribution in [-0.2, 0) is 0 Å². The van der Waals surface area contributed by atoms with Crippen molar-refractivity contribution in [1.29, 1.82) is 0 Å². The maximum absolute atomic E-state index is 13.5. The predicted molar refractivity (Wildman–Crippen MR) is 119 cm³/mol. The standard InChI is InChI=1S/C20H14Cl6F6/c21-13-5-1-11(2-6-13)15(9-17(23,24)19(27,28)29)16(10-18(25,26)20(30,31)32)12-3-7-14(22)8-4-12/h1-8,15-16H,9-10H2. The van der Waals surface area contributed by atoms with Crippen LogP contribution in [0.15, 0.2) is 48.5 Å². The van der Waals surface area contributed by atoms with Crippen LogP contribution in [0.4, 0.5) is 26.3 Å². The highest BCUT2D eigenvalue weighted by atomic mass is 35.5. The number of alkyl halides is 10. The van der Waals surface area contributed by atoms with Crippen molar-refractivity contribution < 1.29 is 26.3 Å². The molecule has 0 heterocycles. The zero-order valence-corrected chi connectivity index (χ0v) is 20.3. The fourth-order valence-corrected chi connectivity index (χ4v) is 4.11. The predicted octanol–water partition coefficient (Wildman–Crippen LogP) is 10.1. The highest BCUT2D eigenvalue weighted by Crippen LogP contribution is 2.54. The van der Waals surface area contributed by atoms with Gasteiger partial charge in [-0.2, -0.15) is 26.3 Å². The minimum Gasteiger partial charge on any atom is -0.168 e. The Bertz CT molecular complexity index is 815. The summed E-state index contributed by atoms with van der Waals surface area (Å²) in [4.78, 5) is 0. The van der Waals surface area contributed by atoms with Gasteiger partial charge in [0.1, 0.15) is 0 Å². The molecule has 0 amide bonds. The summed E-state index contributed by atoms with van der Waals surface area (Å²) in [6, 6.07) is 11.1. The normalized spacial score (nSPS) is 15.5. The smallest absolute Gasteiger partial charge is 0.168 e. The summed E-state index contributed by atoms with van der Waals surface area (Å²) < 4.78 is 74.4. The van der Waals surface area contributed by atoms with Crippen molar-refractivity contribution in [3.63, 3.8) is 0 Å². The first-order valence-electron chi connectivity index (χ1n) is 8.84. The van der Waals surface area contributed by atoms with Crippen LogP contribution in [0.5, 0.6) is 0 Å². The number of rotatable bonds is 7. The van der Waals surface area contributed by atoms with Crippen molar-refractivity contribution in [2.45, 2.75) is 45.7 Å². The fraction of sp³-hybridized carbons (Fsp3) is 0.400. The molecule has 0 nitrogen and oxygen atoms in total. The van der Waals surface area contributed by atoms with E-state index in [-0.39, 0.29) is 21.2 Å². The summed E-state index contributed by atoms with van der Waals surface area (Å²) >= 11 is 34.2. The summed E-state index contributed by atoms with van der Waals surface area (Å²) in [6.07, 6.45) is -12.1. The molecule has 0 radical (unpaired) electrons. The van der Waals surface area contributed by atoms with E-state index in [2.05, 4.69) is 0 Å². The van der Waals surface area contributed by atoms with Crippen LogP contribution in [0, 0.1) is 0 Å². The Balaban J connectivity index is 2.66. The Morgan fingerprint density at radius 1 is 0.531 bits per heavy atom. The molecule has 32 heavy (non-hydrogen) atoms. The van der Waals surface area contributed by atoms with E-state index in [1.54, 1.807) is 0 Å². The van der Waals surface area contributed by atoms with E-state index < -0.39 is 45.7 Å². The zero-order valence-electron chi connectivity index (χ0n) is 15.7. The van der Waals surface area contributed by atoms with Gasteiger partial charge in [0.15, 0.2) is 0 Å². The highest BCUT2D eigenvalue weighted by molar-refractivity contribution is 6.49. The number of hydrogen-bond donors (Lipinski definition) is 0. The van der Waals surface area contributed by atoms with Crippen LogP contribution in [0.25, 0.3) is 0 Å². The van der Waals surface area contributed by atoms with Crippen molar-refractivity contribution in [2.24, 2.45) is 0 Å². The molecule has 0 aliphatic rings. The molecule has 0 saturated heterocycles. The third-order valence-electron chi connectivity index (χ3n) is 4.86. The molecule has 0 aliphatic heterocycles. The minimum atomic E-state index is -5.06. The fourth-order valence-electron chi connectivity index (χ4n) is 3.19. The van der Waals surface area contributed by atoms with Gasteiger partial charge in [0.2, 0.25) is 8.67 Å². The van der Waals surface area contributed by atoms with Gasteiger partial charge >= 0.3 is 12.4 Å². The Labute approximate surface area is 210 Å². The van der Waals surface area contributed by atoms with Crippen LogP contribution in [-0.4, -0.2) is 21.0 Å². The van der Waals surface area contributed by atoms with E-state index in [0.717, 1.165) is 0 Å². The van der Waals surface area contributed by atoms with Gasteiger partial charge in [0, 0.05) is 10.0 Å².